The molecular formula is C31H24S. The Balaban J connectivity index is 1.68. The lowest BCUT2D eigenvalue weighted by Crippen LogP contribution is -1.90. The summed E-state index contributed by atoms with van der Waals surface area (Å²) in [7, 11) is 0. The van der Waals surface area contributed by atoms with Crippen LogP contribution in [0.1, 0.15) is 24.0 Å². The van der Waals surface area contributed by atoms with Crippen molar-refractivity contribution >= 4 is 37.1 Å². The van der Waals surface area contributed by atoms with Gasteiger partial charge in [-0.3, -0.25) is 0 Å². The second kappa shape index (κ2) is 7.93. The zero-order valence-corrected chi connectivity index (χ0v) is 19.0. The first-order valence-electron chi connectivity index (χ1n) is 11.3. The van der Waals surface area contributed by atoms with Gasteiger partial charge in [-0.25, -0.2) is 0 Å². The van der Waals surface area contributed by atoms with Crippen LogP contribution in [0, 0.1) is 6.92 Å². The average Bonchev–Trinajstić information content (AvgIpc) is 3.24. The third-order valence-corrected chi connectivity index (χ3v) is 7.82. The normalized spacial score (nSPS) is 13.6. The molecule has 0 N–H and O–H groups in total. The van der Waals surface area contributed by atoms with Gasteiger partial charge in [0.15, 0.2) is 0 Å². The highest BCUT2D eigenvalue weighted by Gasteiger charge is 2.16. The van der Waals surface area contributed by atoms with E-state index in [0.717, 1.165) is 12.8 Å². The Morgan fingerprint density at radius 2 is 1.34 bits per heavy atom. The molecule has 1 heterocycles. The fraction of sp³-hybridized carbons (Fsp3) is 0.0968. The number of fused-ring (bicyclic) bond motifs is 3. The Kier molecular flexibility index (Phi) is 4.78. The minimum Gasteiger partial charge on any atom is -0.134 e. The minimum atomic E-state index is 1.10. The predicted octanol–water partition coefficient (Wildman–Crippen LogP) is 9.43. The molecule has 1 aliphatic carbocycles. The molecular weight excluding hydrogens is 404 g/mol. The fourth-order valence-corrected chi connectivity index (χ4v) is 6.08. The van der Waals surface area contributed by atoms with Crippen LogP contribution in [0.25, 0.3) is 48.0 Å². The zero-order valence-electron chi connectivity index (χ0n) is 18.1. The molecule has 4 aromatic carbocycles. The van der Waals surface area contributed by atoms with Crippen molar-refractivity contribution < 1.29 is 0 Å². The first-order chi connectivity index (χ1) is 15.8. The highest BCUT2D eigenvalue weighted by atomic mass is 32.1. The Morgan fingerprint density at radius 3 is 2.06 bits per heavy atom. The summed E-state index contributed by atoms with van der Waals surface area (Å²) < 4.78 is 2.78. The van der Waals surface area contributed by atoms with Crippen molar-refractivity contribution in [2.75, 3.05) is 0 Å². The van der Waals surface area contributed by atoms with E-state index in [2.05, 4.69) is 110 Å². The summed E-state index contributed by atoms with van der Waals surface area (Å²) >= 11 is 1.94. The van der Waals surface area contributed by atoms with Crippen molar-refractivity contribution in [3.63, 3.8) is 0 Å². The van der Waals surface area contributed by atoms with E-state index in [-0.39, 0.29) is 0 Å². The van der Waals surface area contributed by atoms with Crippen molar-refractivity contribution in [3.8, 4) is 22.3 Å². The molecule has 0 bridgehead atoms. The predicted molar refractivity (Wildman–Crippen MR) is 141 cm³/mol. The van der Waals surface area contributed by atoms with Gasteiger partial charge in [0.25, 0.3) is 0 Å². The number of hydrogen-bond acceptors (Lipinski definition) is 1. The number of thiophene rings is 1. The van der Waals surface area contributed by atoms with Crippen molar-refractivity contribution in [1.29, 1.82) is 0 Å². The monoisotopic (exact) mass is 428 g/mol. The third-order valence-electron chi connectivity index (χ3n) is 6.43. The highest BCUT2D eigenvalue weighted by molar-refractivity contribution is 7.26. The average molecular weight is 429 g/mol. The number of benzene rings is 4. The molecule has 32 heavy (non-hydrogen) atoms. The number of aryl methyl sites for hydroxylation is 1. The van der Waals surface area contributed by atoms with Gasteiger partial charge in [-0.1, -0.05) is 78.9 Å². The largest absolute Gasteiger partial charge is 0.134 e. The molecule has 1 heteroatoms. The van der Waals surface area contributed by atoms with Crippen molar-refractivity contribution in [3.05, 3.63) is 114 Å². The molecule has 0 atom stereocenters. The molecule has 0 unspecified atom stereocenters. The number of rotatable bonds is 3. The second-order valence-corrected chi connectivity index (χ2v) is 9.58. The second-order valence-electron chi connectivity index (χ2n) is 8.56. The maximum atomic E-state index is 2.43. The summed E-state index contributed by atoms with van der Waals surface area (Å²) in [6.45, 7) is 2.25. The quantitative estimate of drug-likeness (QED) is 0.268. The van der Waals surface area contributed by atoms with Crippen LogP contribution in [0.2, 0.25) is 0 Å². The van der Waals surface area contributed by atoms with Gasteiger partial charge in [0.2, 0.25) is 0 Å². The van der Waals surface area contributed by atoms with Gasteiger partial charge in [-0.05, 0) is 77.4 Å². The molecule has 0 saturated heterocycles. The number of hydrogen-bond donors (Lipinski definition) is 0. The van der Waals surface area contributed by atoms with Gasteiger partial charge >= 0.3 is 0 Å². The van der Waals surface area contributed by atoms with E-state index < -0.39 is 0 Å². The summed E-state index contributed by atoms with van der Waals surface area (Å²) in [5, 5.41) is 2.74. The number of allylic oxidation sites excluding steroid dienone is 4. The summed E-state index contributed by atoms with van der Waals surface area (Å²) in [5.41, 5.74) is 9.33. The van der Waals surface area contributed by atoms with Crippen LogP contribution in [0.5, 0.6) is 0 Å². The standard InChI is InChI=1S/C31H24S/c1-21-17-25(22-11-5-2-6-12-22)19-28-29-20-26(23-13-7-3-8-14-23)18-27(31(29)32-30(21)28)24-15-9-4-10-16-24/h2-7,9-13,15-20H,8,14H2,1H3. The van der Waals surface area contributed by atoms with Crippen LogP contribution in [0.15, 0.2) is 103 Å². The van der Waals surface area contributed by atoms with Gasteiger partial charge in [0.05, 0.1) is 0 Å². The molecule has 5 aromatic rings. The lowest BCUT2D eigenvalue weighted by atomic mass is 9.91. The summed E-state index contributed by atoms with van der Waals surface area (Å²) in [5.74, 6) is 0. The highest BCUT2D eigenvalue weighted by Crippen LogP contribution is 2.44. The van der Waals surface area contributed by atoms with E-state index in [4.69, 9.17) is 0 Å². The molecule has 0 spiro atoms. The zero-order chi connectivity index (χ0) is 21.5. The van der Waals surface area contributed by atoms with Gasteiger partial charge in [0, 0.05) is 25.7 Å². The molecule has 154 valence electrons. The molecule has 6 rings (SSSR count). The first kappa shape index (κ1) is 19.3. The maximum Gasteiger partial charge on any atom is 0.0434 e. The van der Waals surface area contributed by atoms with E-state index >= 15 is 0 Å². The van der Waals surface area contributed by atoms with Crippen molar-refractivity contribution in [1.82, 2.24) is 0 Å². The van der Waals surface area contributed by atoms with E-state index in [1.165, 1.54) is 59.1 Å². The van der Waals surface area contributed by atoms with Crippen molar-refractivity contribution in [2.24, 2.45) is 0 Å². The lowest BCUT2D eigenvalue weighted by Gasteiger charge is -2.13. The Morgan fingerprint density at radius 1 is 0.656 bits per heavy atom. The van der Waals surface area contributed by atoms with Gasteiger partial charge in [0.1, 0.15) is 0 Å². The maximum absolute atomic E-state index is 2.43. The van der Waals surface area contributed by atoms with Gasteiger partial charge in [-0.15, -0.1) is 11.3 Å². The summed E-state index contributed by atoms with van der Waals surface area (Å²) in [6, 6.07) is 31.2. The molecule has 0 saturated carbocycles. The van der Waals surface area contributed by atoms with Crippen molar-refractivity contribution in [2.45, 2.75) is 19.8 Å². The first-order valence-corrected chi connectivity index (χ1v) is 12.1. The van der Waals surface area contributed by atoms with Crippen LogP contribution in [-0.2, 0) is 0 Å². The SMILES string of the molecule is Cc1cc(-c2ccccc2)cc2c1sc1c(-c3ccccc3)cc(C3=CC=CCC3)cc12. The van der Waals surface area contributed by atoms with Crippen LogP contribution in [0.4, 0.5) is 0 Å². The smallest absolute Gasteiger partial charge is 0.0434 e. The molecule has 1 aromatic heterocycles. The summed E-state index contributed by atoms with van der Waals surface area (Å²) in [4.78, 5) is 0. The van der Waals surface area contributed by atoms with Crippen LogP contribution >= 0.6 is 11.3 Å². The van der Waals surface area contributed by atoms with Gasteiger partial charge in [-0.2, -0.15) is 0 Å². The Labute approximate surface area is 193 Å². The molecule has 0 amide bonds. The molecule has 0 nitrogen and oxygen atoms in total. The molecule has 1 aliphatic rings. The molecule has 0 radical (unpaired) electrons. The van der Waals surface area contributed by atoms with E-state index in [0.29, 0.717) is 0 Å². The van der Waals surface area contributed by atoms with Crippen LogP contribution in [0.3, 0.4) is 0 Å². The fourth-order valence-electron chi connectivity index (χ4n) is 4.81. The molecule has 0 aliphatic heterocycles. The van der Waals surface area contributed by atoms with Crippen LogP contribution < -0.4 is 0 Å². The van der Waals surface area contributed by atoms with E-state index in [1.54, 1.807) is 0 Å². The van der Waals surface area contributed by atoms with E-state index in [1.807, 2.05) is 11.3 Å². The molecule has 0 fully saturated rings. The third kappa shape index (κ3) is 3.30. The van der Waals surface area contributed by atoms with Crippen LogP contribution in [-0.4, -0.2) is 0 Å². The Hall–Kier alpha value is -3.42. The lowest BCUT2D eigenvalue weighted by molar-refractivity contribution is 1.05. The minimum absolute atomic E-state index is 1.10. The summed E-state index contributed by atoms with van der Waals surface area (Å²) in [6.07, 6.45) is 8.97. The van der Waals surface area contributed by atoms with Gasteiger partial charge < -0.3 is 0 Å². The topological polar surface area (TPSA) is 0 Å². The Bertz CT molecular complexity index is 1500. The van der Waals surface area contributed by atoms with E-state index in [9.17, 15) is 0 Å².